The van der Waals surface area contributed by atoms with Crippen LogP contribution in [0.3, 0.4) is 0 Å². The van der Waals surface area contributed by atoms with Crippen LogP contribution in [0.1, 0.15) is 0 Å². The number of hydrogen-bond donors (Lipinski definition) is 1. The molecule has 2 N–H and O–H groups in total. The molecule has 0 saturated carbocycles. The van der Waals surface area contributed by atoms with Crippen LogP contribution in [0.4, 0.5) is 5.13 Å². The summed E-state index contributed by atoms with van der Waals surface area (Å²) >= 11 is 2.96. The van der Waals surface area contributed by atoms with Crippen molar-refractivity contribution in [2.45, 2.75) is 4.34 Å². The Labute approximate surface area is 94.7 Å². The Kier molecular flexibility index (Phi) is 4.91. The molecule has 0 bridgehead atoms. The summed E-state index contributed by atoms with van der Waals surface area (Å²) in [5.41, 5.74) is 5.29. The number of carbonyl (C=O) groups is 1. The highest BCUT2D eigenvalue weighted by molar-refractivity contribution is 8.00. The van der Waals surface area contributed by atoms with Crippen molar-refractivity contribution in [1.29, 1.82) is 0 Å². The van der Waals surface area contributed by atoms with Gasteiger partial charge in [-0.1, -0.05) is 23.1 Å². The Morgan fingerprint density at radius 1 is 1.53 bits per heavy atom. The quantitative estimate of drug-likeness (QED) is 0.725. The summed E-state index contributed by atoms with van der Waals surface area (Å²) in [6.45, 7) is 0.267. The Bertz CT molecular complexity index is 386. The van der Waals surface area contributed by atoms with Gasteiger partial charge in [-0.05, 0) is 6.26 Å². The molecule has 1 aromatic rings. The average molecular weight is 243 g/mol. The molecule has 0 amide bonds. The third-order valence-electron chi connectivity index (χ3n) is 1.21. The van der Waals surface area contributed by atoms with Crippen molar-refractivity contribution in [3.05, 3.63) is 0 Å². The second-order valence-electron chi connectivity index (χ2n) is 2.31. The number of aromatic nitrogens is 2. The molecule has 0 saturated heterocycles. The van der Waals surface area contributed by atoms with E-state index in [1.54, 1.807) is 11.8 Å². The van der Waals surface area contributed by atoms with E-state index in [2.05, 4.69) is 20.2 Å². The predicted molar refractivity (Wildman–Crippen MR) is 63.0 cm³/mol. The minimum Gasteiger partial charge on any atom is -0.374 e. The molecule has 15 heavy (non-hydrogen) atoms. The number of nitrogens with zero attached hydrogens (tertiary/aromatic N) is 4. The van der Waals surface area contributed by atoms with Crippen LogP contribution in [-0.2, 0) is 4.79 Å². The van der Waals surface area contributed by atoms with E-state index in [0.29, 0.717) is 5.13 Å². The largest absolute Gasteiger partial charge is 0.374 e. The van der Waals surface area contributed by atoms with Gasteiger partial charge in [0.05, 0.1) is 6.21 Å². The fourth-order valence-electron chi connectivity index (χ4n) is 0.638. The maximum Gasteiger partial charge on any atom is 0.203 e. The first-order valence-corrected chi connectivity index (χ1v) is 5.93. The normalized spacial score (nSPS) is 13.5. The van der Waals surface area contributed by atoms with Crippen LogP contribution in [0.15, 0.2) is 14.3 Å². The van der Waals surface area contributed by atoms with Gasteiger partial charge in [0.15, 0.2) is 10.1 Å². The lowest BCUT2D eigenvalue weighted by Gasteiger charge is -1.88. The number of nitrogens with two attached hydrogens (primary N) is 1. The lowest BCUT2D eigenvalue weighted by atomic mass is 10.4. The lowest BCUT2D eigenvalue weighted by Crippen LogP contribution is -2.06. The molecule has 2 heterocycles. The topological polar surface area (TPSA) is 93.6 Å². The van der Waals surface area contributed by atoms with E-state index in [1.165, 1.54) is 23.9 Å². The van der Waals surface area contributed by atoms with E-state index in [1.807, 2.05) is 6.26 Å². The number of thioether (sulfide) groups is 1. The summed E-state index contributed by atoms with van der Waals surface area (Å²) in [5, 5.41) is 7.89. The van der Waals surface area contributed by atoms with Gasteiger partial charge < -0.3 is 5.73 Å². The van der Waals surface area contributed by atoms with Gasteiger partial charge >= 0.3 is 0 Å². The molecule has 8 heteroatoms. The van der Waals surface area contributed by atoms with E-state index in [-0.39, 0.29) is 12.3 Å². The molecule has 0 fully saturated rings. The minimum absolute atomic E-state index is 0.0255. The van der Waals surface area contributed by atoms with Crippen LogP contribution in [0.5, 0.6) is 0 Å². The number of nitrogen functional groups attached to an aromatic ring is 1. The van der Waals surface area contributed by atoms with Crippen molar-refractivity contribution < 1.29 is 4.79 Å². The fourth-order valence-corrected chi connectivity index (χ4v) is 1.69. The molecule has 0 spiro atoms. The predicted octanol–water partition coefficient (Wildman–Crippen LogP) is 0.510. The molecule has 0 atom stereocenters. The number of hydrogen-bond acceptors (Lipinski definition) is 8. The Morgan fingerprint density at radius 3 is 2.60 bits per heavy atom. The standard InChI is InChI=1S/C4H4N2O.C3H5N3S2/c7-4-1-5-3-6-2-4;1-7-3-6-5-2(4)8-3/h1,3H,2H2;1H3,(H2,4,5). The summed E-state index contributed by atoms with van der Waals surface area (Å²) in [6.07, 6.45) is 4.59. The zero-order valence-electron chi connectivity index (χ0n) is 7.95. The van der Waals surface area contributed by atoms with Crippen molar-refractivity contribution >= 4 is 46.6 Å². The van der Waals surface area contributed by atoms with E-state index in [9.17, 15) is 4.79 Å². The first-order chi connectivity index (χ1) is 7.22. The first kappa shape index (κ1) is 11.8. The van der Waals surface area contributed by atoms with E-state index < -0.39 is 0 Å². The molecular weight excluding hydrogens is 234 g/mol. The molecule has 80 valence electrons. The van der Waals surface area contributed by atoms with Gasteiger partial charge in [-0.15, -0.1) is 10.2 Å². The smallest absolute Gasteiger partial charge is 0.203 e. The number of anilines is 1. The molecule has 0 radical (unpaired) electrons. The molecular formula is C7H9N5OS2. The van der Waals surface area contributed by atoms with Gasteiger partial charge in [0.1, 0.15) is 12.9 Å². The van der Waals surface area contributed by atoms with Crippen molar-refractivity contribution in [3.63, 3.8) is 0 Å². The summed E-state index contributed by atoms with van der Waals surface area (Å²) in [6, 6.07) is 0. The number of Topliss-reactive ketones (excluding diaryl/α,β-unsaturated/α-hetero) is 1. The van der Waals surface area contributed by atoms with Gasteiger partial charge in [0.2, 0.25) is 5.13 Å². The van der Waals surface area contributed by atoms with Gasteiger partial charge in [0, 0.05) is 0 Å². The zero-order valence-corrected chi connectivity index (χ0v) is 9.59. The molecule has 0 aromatic carbocycles. The number of aliphatic imine (C=N–C) groups is 2. The second kappa shape index (κ2) is 6.25. The molecule has 1 aliphatic heterocycles. The van der Waals surface area contributed by atoms with Crippen LogP contribution in [0, 0.1) is 0 Å². The summed E-state index contributed by atoms with van der Waals surface area (Å²) in [7, 11) is 0. The fraction of sp³-hybridized carbons (Fsp3) is 0.286. The third kappa shape index (κ3) is 4.66. The van der Waals surface area contributed by atoms with Crippen molar-refractivity contribution in [2.24, 2.45) is 9.98 Å². The molecule has 1 aromatic heterocycles. The van der Waals surface area contributed by atoms with Crippen LogP contribution in [-0.4, -0.2) is 41.3 Å². The van der Waals surface area contributed by atoms with Crippen LogP contribution < -0.4 is 5.73 Å². The van der Waals surface area contributed by atoms with Crippen LogP contribution >= 0.6 is 23.1 Å². The first-order valence-electron chi connectivity index (χ1n) is 3.89. The zero-order chi connectivity index (χ0) is 11.1. The summed E-state index contributed by atoms with van der Waals surface area (Å²) in [5.74, 6) is -0.0255. The highest BCUT2D eigenvalue weighted by atomic mass is 32.2. The van der Waals surface area contributed by atoms with E-state index in [0.717, 1.165) is 4.34 Å². The molecule has 0 aliphatic carbocycles. The van der Waals surface area contributed by atoms with Crippen LogP contribution in [0.2, 0.25) is 0 Å². The molecule has 2 rings (SSSR count). The Balaban J connectivity index is 0.000000151. The maximum atomic E-state index is 10.2. The van der Waals surface area contributed by atoms with Crippen molar-refractivity contribution in [1.82, 2.24) is 10.2 Å². The molecule has 0 unspecified atom stereocenters. The van der Waals surface area contributed by atoms with Gasteiger partial charge in [-0.2, -0.15) is 0 Å². The van der Waals surface area contributed by atoms with Crippen molar-refractivity contribution in [2.75, 3.05) is 18.5 Å². The average Bonchev–Trinajstić information content (AvgIpc) is 2.66. The highest BCUT2D eigenvalue weighted by Gasteiger charge is 1.95. The lowest BCUT2D eigenvalue weighted by molar-refractivity contribution is -0.111. The van der Waals surface area contributed by atoms with Gasteiger partial charge in [-0.3, -0.25) is 9.79 Å². The molecule has 1 aliphatic rings. The number of rotatable bonds is 1. The second-order valence-corrected chi connectivity index (χ2v) is 4.37. The summed E-state index contributed by atoms with van der Waals surface area (Å²) < 4.78 is 0.919. The van der Waals surface area contributed by atoms with Crippen LogP contribution in [0.25, 0.3) is 0 Å². The van der Waals surface area contributed by atoms with Gasteiger partial charge in [0.25, 0.3) is 0 Å². The third-order valence-corrected chi connectivity index (χ3v) is 2.94. The monoisotopic (exact) mass is 243 g/mol. The van der Waals surface area contributed by atoms with E-state index in [4.69, 9.17) is 5.73 Å². The number of carbonyl (C=O) groups excluding carboxylic acids is 1. The Hall–Kier alpha value is -1.28. The SMILES string of the molecule is CSc1nnc(N)s1.O=C1C=NC=NC1. The molecule has 6 nitrogen and oxygen atoms in total. The minimum atomic E-state index is -0.0255. The summed E-state index contributed by atoms with van der Waals surface area (Å²) in [4.78, 5) is 17.3. The van der Waals surface area contributed by atoms with Gasteiger partial charge in [-0.25, -0.2) is 4.99 Å². The number of ketones is 1. The highest BCUT2D eigenvalue weighted by Crippen LogP contribution is 2.19. The maximum absolute atomic E-state index is 10.2. The Morgan fingerprint density at radius 2 is 2.33 bits per heavy atom. The van der Waals surface area contributed by atoms with E-state index >= 15 is 0 Å². The van der Waals surface area contributed by atoms with Crippen molar-refractivity contribution in [3.8, 4) is 0 Å².